The van der Waals surface area contributed by atoms with Crippen LogP contribution in [0.5, 0.6) is 5.75 Å². The van der Waals surface area contributed by atoms with Gasteiger partial charge in [-0.3, -0.25) is 9.59 Å². The maximum Gasteiger partial charge on any atom is 0.511 e. The quantitative estimate of drug-likeness (QED) is 0.0935. The summed E-state index contributed by atoms with van der Waals surface area (Å²) >= 11 is 12.6. The maximum atomic E-state index is 16.1. The van der Waals surface area contributed by atoms with Crippen LogP contribution in [0.2, 0.25) is 10.0 Å². The molecule has 1 fully saturated rings. The van der Waals surface area contributed by atoms with E-state index in [0.29, 0.717) is 35.9 Å². The highest BCUT2D eigenvalue weighted by atomic mass is 35.5. The maximum absolute atomic E-state index is 16.1. The largest absolute Gasteiger partial charge is 0.511 e. The number of ether oxygens (including phenoxy) is 6. The van der Waals surface area contributed by atoms with Crippen molar-refractivity contribution in [3.63, 3.8) is 0 Å². The predicted molar refractivity (Wildman–Crippen MR) is 198 cm³/mol. The highest BCUT2D eigenvalue weighted by Crippen LogP contribution is 2.57. The molecule has 16 heteroatoms. The first-order chi connectivity index (χ1) is 25.7. The summed E-state index contributed by atoms with van der Waals surface area (Å²) in [6.07, 6.45) is -0.630. The smallest absolute Gasteiger partial charge is 0.495 e. The predicted octanol–water partition coefficient (Wildman–Crippen LogP) is 6.46. The minimum atomic E-state index is -1.45. The fourth-order valence-corrected chi connectivity index (χ4v) is 7.32. The third kappa shape index (κ3) is 8.74. The van der Waals surface area contributed by atoms with Gasteiger partial charge in [-0.05, 0) is 59.4 Å². The van der Waals surface area contributed by atoms with Crippen molar-refractivity contribution in [3.05, 3.63) is 87.2 Å². The lowest BCUT2D eigenvalue weighted by atomic mass is 9.62. The summed E-state index contributed by atoms with van der Waals surface area (Å²) in [6.45, 7) is 6.10. The molecule has 3 N–H and O–H groups in total. The van der Waals surface area contributed by atoms with Gasteiger partial charge in [0.25, 0.3) is 0 Å². The zero-order valence-electron chi connectivity index (χ0n) is 30.4. The molecule has 2 amide bonds. The molecule has 2 aliphatic rings. The van der Waals surface area contributed by atoms with Crippen molar-refractivity contribution in [3.8, 4) is 5.75 Å². The number of nitrogens with one attached hydrogen (secondary N) is 3. The number of esters is 1. The Bertz CT molecular complexity index is 1890. The fraction of sp³-hybridized carbons (Fsp3) is 0.421. The summed E-state index contributed by atoms with van der Waals surface area (Å²) in [7, 11) is 2.88. The molecule has 0 radical (unpaired) electrons. The average molecular weight is 791 g/mol. The van der Waals surface area contributed by atoms with Crippen LogP contribution in [0.3, 0.4) is 0 Å². The van der Waals surface area contributed by atoms with E-state index in [1.165, 1.54) is 44.6 Å². The minimum Gasteiger partial charge on any atom is -0.495 e. The van der Waals surface area contributed by atoms with E-state index in [1.54, 1.807) is 24.3 Å². The van der Waals surface area contributed by atoms with Gasteiger partial charge in [-0.15, -0.1) is 0 Å². The number of amides is 2. The van der Waals surface area contributed by atoms with Gasteiger partial charge in [-0.1, -0.05) is 62.2 Å². The van der Waals surface area contributed by atoms with E-state index in [2.05, 4.69) is 16.0 Å². The Morgan fingerprint density at radius 2 is 1.70 bits per heavy atom. The lowest BCUT2D eigenvalue weighted by Gasteiger charge is -2.37. The average Bonchev–Trinajstić information content (AvgIpc) is 3.60. The molecule has 3 aromatic carbocycles. The first-order valence-electron chi connectivity index (χ1n) is 17.0. The molecule has 4 atom stereocenters. The molecule has 0 saturated carbocycles. The molecule has 0 unspecified atom stereocenters. The van der Waals surface area contributed by atoms with E-state index in [4.69, 9.17) is 51.6 Å². The van der Waals surface area contributed by atoms with Crippen LogP contribution in [0.15, 0.2) is 54.6 Å². The van der Waals surface area contributed by atoms with Crippen LogP contribution in [0, 0.1) is 11.2 Å². The van der Waals surface area contributed by atoms with Crippen molar-refractivity contribution in [2.45, 2.75) is 50.6 Å². The van der Waals surface area contributed by atoms with Crippen LogP contribution in [0.4, 0.5) is 20.6 Å². The van der Waals surface area contributed by atoms with Gasteiger partial charge in [0.1, 0.15) is 23.6 Å². The van der Waals surface area contributed by atoms with E-state index in [0.717, 1.165) is 0 Å². The molecule has 0 bridgehead atoms. The Balaban J connectivity index is 1.39. The van der Waals surface area contributed by atoms with E-state index in [1.807, 2.05) is 20.8 Å². The zero-order valence-corrected chi connectivity index (χ0v) is 31.9. The number of benzene rings is 3. The minimum absolute atomic E-state index is 0.0216. The lowest BCUT2D eigenvalue weighted by Crippen LogP contribution is -2.49. The lowest BCUT2D eigenvalue weighted by molar-refractivity contribution is -0.122. The molecule has 3 aromatic rings. The number of rotatable bonds is 14. The molecule has 1 saturated heterocycles. The van der Waals surface area contributed by atoms with Crippen molar-refractivity contribution >= 4 is 58.5 Å². The van der Waals surface area contributed by atoms with Crippen molar-refractivity contribution < 1.29 is 52.0 Å². The van der Waals surface area contributed by atoms with E-state index in [9.17, 15) is 19.2 Å². The Kier molecular flexibility index (Phi) is 13.1. The third-order valence-electron chi connectivity index (χ3n) is 9.16. The van der Waals surface area contributed by atoms with Crippen molar-refractivity contribution in [1.29, 1.82) is 0 Å². The first-order valence-corrected chi connectivity index (χ1v) is 17.8. The molecule has 2 heterocycles. The molecule has 290 valence electrons. The van der Waals surface area contributed by atoms with Gasteiger partial charge >= 0.3 is 12.1 Å². The second-order valence-electron chi connectivity index (χ2n) is 13.9. The standard InChI is InChI=1S/C38H42Cl2FN3O10/c1-37(2,3)19-29-38(24-11-10-22(39)18-27(24)43-35(38)47)30(23-7-6-8-25(40)31(23)41)32(44-29)33(45)42-26-12-9-21(17-28(26)50-5)34(46)53-20-54-36(48)52-16-15-51-14-13-49-4/h6-12,17-18,29-30,32,44H,13-16,19-20H2,1-5H3,(H,42,45)(H,43,47)/t29-,30-,32+,38+/m0/s1. The summed E-state index contributed by atoms with van der Waals surface area (Å²) in [4.78, 5) is 53.4. The van der Waals surface area contributed by atoms with Gasteiger partial charge in [-0.25, -0.2) is 14.0 Å². The molecule has 5 rings (SSSR count). The number of halogens is 3. The monoisotopic (exact) mass is 789 g/mol. The van der Waals surface area contributed by atoms with Gasteiger partial charge in [0, 0.05) is 29.8 Å². The molecule has 0 aromatic heterocycles. The number of anilines is 2. The molecule has 1 spiro atoms. The topological polar surface area (TPSA) is 160 Å². The number of methoxy groups -OCH3 is 2. The van der Waals surface area contributed by atoms with Crippen LogP contribution < -0.4 is 20.7 Å². The Morgan fingerprint density at radius 1 is 0.944 bits per heavy atom. The van der Waals surface area contributed by atoms with Gasteiger partial charge in [0.2, 0.25) is 18.6 Å². The Labute approximate surface area is 322 Å². The SMILES string of the molecule is COCCOCCOC(=O)OCOC(=O)c1ccc(NC(=O)[C@@H]2N[C@@H](CC(C)(C)C)[C@@]3(C(=O)Nc4cc(Cl)ccc43)[C@H]2c2cccc(Cl)c2F)c(OC)c1. The zero-order chi connectivity index (χ0) is 39.2. The number of hydrogen-bond donors (Lipinski definition) is 3. The second kappa shape index (κ2) is 17.3. The van der Waals surface area contributed by atoms with Gasteiger partial charge in [0.05, 0.1) is 49.2 Å². The summed E-state index contributed by atoms with van der Waals surface area (Å²) in [6, 6.07) is 11.9. The highest BCUT2D eigenvalue weighted by Gasteiger charge is 2.66. The third-order valence-corrected chi connectivity index (χ3v) is 9.69. The second-order valence-corrected chi connectivity index (χ2v) is 14.7. The number of hydrogen-bond acceptors (Lipinski definition) is 11. The fourth-order valence-electron chi connectivity index (χ4n) is 6.97. The van der Waals surface area contributed by atoms with Crippen molar-refractivity contribution in [2.24, 2.45) is 5.41 Å². The first kappa shape index (κ1) is 40.7. The van der Waals surface area contributed by atoms with E-state index >= 15 is 4.39 Å². The summed E-state index contributed by atoms with van der Waals surface area (Å²) in [5, 5.41) is 9.44. The van der Waals surface area contributed by atoms with Gasteiger partial charge in [0.15, 0.2) is 0 Å². The Morgan fingerprint density at radius 3 is 2.43 bits per heavy atom. The summed E-state index contributed by atoms with van der Waals surface area (Å²) < 4.78 is 46.3. The van der Waals surface area contributed by atoms with Crippen molar-refractivity contribution in [1.82, 2.24) is 5.32 Å². The molecule has 13 nitrogen and oxygen atoms in total. The van der Waals surface area contributed by atoms with Gasteiger partial charge < -0.3 is 44.4 Å². The van der Waals surface area contributed by atoms with Crippen LogP contribution in [0.25, 0.3) is 0 Å². The van der Waals surface area contributed by atoms with Gasteiger partial charge in [-0.2, -0.15) is 0 Å². The normalized spacial score (nSPS) is 20.3. The molecular weight excluding hydrogens is 748 g/mol. The van der Waals surface area contributed by atoms with Crippen LogP contribution in [0.1, 0.15) is 54.6 Å². The summed E-state index contributed by atoms with van der Waals surface area (Å²) in [5.74, 6) is -3.61. The number of carbonyl (C=O) groups excluding carboxylic acids is 4. The highest BCUT2D eigenvalue weighted by molar-refractivity contribution is 6.31. The van der Waals surface area contributed by atoms with Crippen LogP contribution in [-0.4, -0.2) is 83.5 Å². The van der Waals surface area contributed by atoms with E-state index in [-0.39, 0.29) is 46.2 Å². The Hall–Kier alpha value is -4.47. The number of carbonyl (C=O) groups is 4. The van der Waals surface area contributed by atoms with Crippen LogP contribution in [-0.2, 0) is 38.7 Å². The molecule has 54 heavy (non-hydrogen) atoms. The van der Waals surface area contributed by atoms with Crippen LogP contribution >= 0.6 is 23.2 Å². The number of fused-ring (bicyclic) bond motifs is 2. The van der Waals surface area contributed by atoms with E-state index < -0.39 is 60.0 Å². The molecular formula is C38H42Cl2FN3O10. The molecule has 0 aliphatic carbocycles. The molecule has 2 aliphatic heterocycles. The summed E-state index contributed by atoms with van der Waals surface area (Å²) in [5.41, 5.74) is -0.468. The van der Waals surface area contributed by atoms with Crippen molar-refractivity contribution in [2.75, 3.05) is 58.1 Å².